The Morgan fingerprint density at radius 3 is 2.83 bits per heavy atom. The standard InChI is InChI=1S/C12H11NO5/c1-17-11-7(6-14)3-2-4-8(11)9-5-10(12(15)16)18-13-9/h2-5,14H,6H2,1H3,(H,15,16). The van der Waals surface area contributed by atoms with Crippen molar-refractivity contribution in [3.8, 4) is 17.0 Å². The minimum atomic E-state index is -1.19. The van der Waals surface area contributed by atoms with Gasteiger partial charge in [0.2, 0.25) is 5.76 Å². The zero-order valence-corrected chi connectivity index (χ0v) is 9.58. The Morgan fingerprint density at radius 2 is 2.28 bits per heavy atom. The fraction of sp³-hybridized carbons (Fsp3) is 0.167. The second-order valence-corrected chi connectivity index (χ2v) is 3.54. The molecule has 0 aliphatic carbocycles. The highest BCUT2D eigenvalue weighted by molar-refractivity contribution is 5.86. The van der Waals surface area contributed by atoms with E-state index in [4.69, 9.17) is 9.84 Å². The lowest BCUT2D eigenvalue weighted by Gasteiger charge is -2.09. The highest BCUT2D eigenvalue weighted by atomic mass is 16.5. The number of carboxylic acid groups (broad SMARTS) is 1. The van der Waals surface area contributed by atoms with E-state index in [9.17, 15) is 9.90 Å². The Bertz CT molecular complexity index is 576. The first-order valence-electron chi connectivity index (χ1n) is 5.14. The third-order valence-corrected chi connectivity index (χ3v) is 2.47. The number of hydrogen-bond donors (Lipinski definition) is 2. The van der Waals surface area contributed by atoms with Gasteiger partial charge in [-0.1, -0.05) is 17.3 Å². The van der Waals surface area contributed by atoms with E-state index in [1.807, 2.05) is 0 Å². The van der Waals surface area contributed by atoms with Crippen LogP contribution in [0.5, 0.6) is 5.75 Å². The summed E-state index contributed by atoms with van der Waals surface area (Å²) in [6.45, 7) is -0.180. The lowest BCUT2D eigenvalue weighted by Crippen LogP contribution is -1.95. The molecule has 0 aliphatic heterocycles. The predicted molar refractivity (Wildman–Crippen MR) is 61.4 cm³/mol. The number of nitrogens with zero attached hydrogens (tertiary/aromatic N) is 1. The Balaban J connectivity index is 2.52. The number of ether oxygens (including phenoxy) is 1. The highest BCUT2D eigenvalue weighted by Crippen LogP contribution is 2.32. The van der Waals surface area contributed by atoms with Crippen LogP contribution in [0.1, 0.15) is 16.1 Å². The van der Waals surface area contributed by atoms with Gasteiger partial charge in [-0.25, -0.2) is 4.79 Å². The highest BCUT2D eigenvalue weighted by Gasteiger charge is 2.16. The Labute approximate surface area is 102 Å². The number of aliphatic hydroxyl groups is 1. The summed E-state index contributed by atoms with van der Waals surface area (Å²) in [5, 5.41) is 21.6. The molecule has 1 heterocycles. The van der Waals surface area contributed by atoms with Crippen LogP contribution in [-0.4, -0.2) is 28.4 Å². The molecule has 94 valence electrons. The summed E-state index contributed by atoms with van der Waals surface area (Å²) in [6.07, 6.45) is 0. The maximum atomic E-state index is 10.7. The number of aliphatic hydroxyl groups excluding tert-OH is 1. The summed E-state index contributed by atoms with van der Waals surface area (Å²) in [5.74, 6) is -0.988. The average molecular weight is 249 g/mol. The Morgan fingerprint density at radius 1 is 1.50 bits per heavy atom. The minimum Gasteiger partial charge on any atom is -0.496 e. The molecule has 0 bridgehead atoms. The molecule has 1 aromatic heterocycles. The molecule has 2 N–H and O–H groups in total. The van der Waals surface area contributed by atoms with E-state index in [-0.39, 0.29) is 12.4 Å². The maximum absolute atomic E-state index is 10.7. The van der Waals surface area contributed by atoms with Gasteiger partial charge in [-0.3, -0.25) is 0 Å². The summed E-state index contributed by atoms with van der Waals surface area (Å²) >= 11 is 0. The molecule has 0 radical (unpaired) electrons. The van der Waals surface area contributed by atoms with Gasteiger partial charge in [0.25, 0.3) is 0 Å². The molecule has 0 spiro atoms. The molecule has 18 heavy (non-hydrogen) atoms. The monoisotopic (exact) mass is 249 g/mol. The summed E-state index contributed by atoms with van der Waals surface area (Å²) in [6, 6.07) is 6.45. The van der Waals surface area contributed by atoms with Gasteiger partial charge in [0, 0.05) is 17.2 Å². The number of aromatic nitrogens is 1. The molecule has 0 saturated carbocycles. The van der Waals surface area contributed by atoms with Crippen molar-refractivity contribution in [3.05, 3.63) is 35.6 Å². The number of rotatable bonds is 4. The Kier molecular flexibility index (Phi) is 3.29. The zero-order chi connectivity index (χ0) is 13.1. The molecule has 2 rings (SSSR count). The SMILES string of the molecule is COc1c(CO)cccc1-c1cc(C(=O)O)on1. The van der Waals surface area contributed by atoms with E-state index >= 15 is 0 Å². The van der Waals surface area contributed by atoms with E-state index in [0.29, 0.717) is 22.6 Å². The van der Waals surface area contributed by atoms with Crippen molar-refractivity contribution in [2.24, 2.45) is 0 Å². The van der Waals surface area contributed by atoms with Gasteiger partial charge in [0.15, 0.2) is 0 Å². The first-order chi connectivity index (χ1) is 8.67. The van der Waals surface area contributed by atoms with Crippen LogP contribution in [0.3, 0.4) is 0 Å². The molecule has 0 aliphatic rings. The second kappa shape index (κ2) is 4.89. The van der Waals surface area contributed by atoms with Crippen molar-refractivity contribution in [2.45, 2.75) is 6.61 Å². The number of methoxy groups -OCH3 is 1. The van der Waals surface area contributed by atoms with E-state index in [2.05, 4.69) is 9.68 Å². The van der Waals surface area contributed by atoms with Crippen LogP contribution in [0.25, 0.3) is 11.3 Å². The quantitative estimate of drug-likeness (QED) is 0.853. The van der Waals surface area contributed by atoms with E-state index in [1.165, 1.54) is 13.2 Å². The normalized spacial score (nSPS) is 10.3. The molecule has 0 fully saturated rings. The van der Waals surface area contributed by atoms with Gasteiger partial charge in [-0.05, 0) is 6.07 Å². The Hall–Kier alpha value is -2.34. The number of aromatic carboxylic acids is 1. The number of hydrogen-bond acceptors (Lipinski definition) is 5. The summed E-state index contributed by atoms with van der Waals surface area (Å²) in [7, 11) is 1.47. The maximum Gasteiger partial charge on any atom is 0.374 e. The van der Waals surface area contributed by atoms with Crippen molar-refractivity contribution in [1.82, 2.24) is 5.16 Å². The van der Waals surface area contributed by atoms with Gasteiger partial charge >= 0.3 is 5.97 Å². The largest absolute Gasteiger partial charge is 0.496 e. The van der Waals surface area contributed by atoms with Crippen LogP contribution in [0.4, 0.5) is 0 Å². The van der Waals surface area contributed by atoms with Gasteiger partial charge in [0.05, 0.1) is 13.7 Å². The lowest BCUT2D eigenvalue weighted by atomic mass is 10.1. The minimum absolute atomic E-state index is 0.180. The van der Waals surface area contributed by atoms with Crippen LogP contribution < -0.4 is 4.74 Å². The fourth-order valence-corrected chi connectivity index (χ4v) is 1.66. The molecular formula is C12H11NO5. The zero-order valence-electron chi connectivity index (χ0n) is 9.58. The molecule has 0 amide bonds. The number of benzene rings is 1. The van der Waals surface area contributed by atoms with Crippen LogP contribution in [0.2, 0.25) is 0 Å². The molecule has 0 saturated heterocycles. The van der Waals surface area contributed by atoms with E-state index < -0.39 is 5.97 Å². The number of carboxylic acids is 1. The van der Waals surface area contributed by atoms with Crippen LogP contribution >= 0.6 is 0 Å². The van der Waals surface area contributed by atoms with Crippen LogP contribution in [0.15, 0.2) is 28.8 Å². The van der Waals surface area contributed by atoms with Crippen molar-refractivity contribution < 1.29 is 24.3 Å². The van der Waals surface area contributed by atoms with Crippen LogP contribution in [0, 0.1) is 0 Å². The molecule has 0 unspecified atom stereocenters. The van der Waals surface area contributed by atoms with Gasteiger partial charge < -0.3 is 19.5 Å². The topological polar surface area (TPSA) is 92.8 Å². The molecule has 2 aromatic rings. The smallest absolute Gasteiger partial charge is 0.374 e. The van der Waals surface area contributed by atoms with Crippen molar-refractivity contribution in [3.63, 3.8) is 0 Å². The summed E-state index contributed by atoms with van der Waals surface area (Å²) in [5.41, 5.74) is 1.51. The van der Waals surface area contributed by atoms with E-state index in [0.717, 1.165) is 0 Å². The number of carbonyl (C=O) groups is 1. The summed E-state index contributed by atoms with van der Waals surface area (Å²) in [4.78, 5) is 10.7. The average Bonchev–Trinajstić information content (AvgIpc) is 2.87. The predicted octanol–water partition coefficient (Wildman–Crippen LogP) is 1.54. The molecule has 0 atom stereocenters. The lowest BCUT2D eigenvalue weighted by molar-refractivity contribution is 0.0652. The molecular weight excluding hydrogens is 238 g/mol. The summed E-state index contributed by atoms with van der Waals surface area (Å²) < 4.78 is 9.89. The first-order valence-corrected chi connectivity index (χ1v) is 5.14. The van der Waals surface area contributed by atoms with Gasteiger partial charge in [-0.2, -0.15) is 0 Å². The molecule has 6 heteroatoms. The van der Waals surface area contributed by atoms with Gasteiger partial charge in [-0.15, -0.1) is 0 Å². The third kappa shape index (κ3) is 2.05. The van der Waals surface area contributed by atoms with Crippen molar-refractivity contribution >= 4 is 5.97 Å². The second-order valence-electron chi connectivity index (χ2n) is 3.54. The molecule has 1 aromatic carbocycles. The van der Waals surface area contributed by atoms with Crippen LogP contribution in [-0.2, 0) is 6.61 Å². The van der Waals surface area contributed by atoms with Gasteiger partial charge in [0.1, 0.15) is 11.4 Å². The first kappa shape index (κ1) is 12.1. The van der Waals surface area contributed by atoms with E-state index in [1.54, 1.807) is 18.2 Å². The number of para-hydroxylation sites is 1. The van der Waals surface area contributed by atoms with Crippen molar-refractivity contribution in [2.75, 3.05) is 7.11 Å². The third-order valence-electron chi connectivity index (χ3n) is 2.47. The molecule has 6 nitrogen and oxygen atoms in total. The fourth-order valence-electron chi connectivity index (χ4n) is 1.66. The van der Waals surface area contributed by atoms with Crippen molar-refractivity contribution in [1.29, 1.82) is 0 Å².